The van der Waals surface area contributed by atoms with Gasteiger partial charge in [0.1, 0.15) is 18.1 Å². The van der Waals surface area contributed by atoms with Gasteiger partial charge in [-0.1, -0.05) is 36.4 Å². The molecule has 4 rings (SSSR count). The maximum Gasteiger partial charge on any atom is 0.263 e. The quantitative estimate of drug-likeness (QED) is 0.763. The first-order valence-corrected chi connectivity index (χ1v) is 9.22. The van der Waals surface area contributed by atoms with E-state index in [1.54, 1.807) is 0 Å². The summed E-state index contributed by atoms with van der Waals surface area (Å²) >= 11 is 1.41. The number of amides is 1. The molecule has 0 aliphatic carbocycles. The van der Waals surface area contributed by atoms with Gasteiger partial charge >= 0.3 is 0 Å². The van der Waals surface area contributed by atoms with Gasteiger partial charge < -0.3 is 14.8 Å². The number of carbonyl (C=O) groups excluding carboxylic acids is 1. The first kappa shape index (κ1) is 16.6. The number of rotatable bonds is 4. The maximum absolute atomic E-state index is 12.7. The van der Waals surface area contributed by atoms with Crippen molar-refractivity contribution in [1.82, 2.24) is 10.3 Å². The SMILES string of the molecule is Cc1nc(-c2ccccc2)c(C(=O)NCc2ccc3c(c2)OCCO3)s1. The lowest BCUT2D eigenvalue weighted by atomic mass is 10.1. The molecule has 6 heteroatoms. The highest BCUT2D eigenvalue weighted by atomic mass is 32.1. The predicted molar refractivity (Wildman–Crippen MR) is 101 cm³/mol. The molecule has 0 fully saturated rings. The van der Waals surface area contributed by atoms with E-state index in [2.05, 4.69) is 10.3 Å². The second kappa shape index (κ2) is 7.17. The average Bonchev–Trinajstić information content (AvgIpc) is 3.08. The molecule has 0 saturated carbocycles. The Morgan fingerprint density at radius 2 is 1.88 bits per heavy atom. The molecule has 2 aromatic carbocycles. The van der Waals surface area contributed by atoms with Crippen molar-refractivity contribution in [2.75, 3.05) is 13.2 Å². The number of carbonyl (C=O) groups is 1. The lowest BCUT2D eigenvalue weighted by Gasteiger charge is -2.18. The molecule has 1 aliphatic rings. The number of aromatic nitrogens is 1. The van der Waals surface area contributed by atoms with Crippen molar-refractivity contribution < 1.29 is 14.3 Å². The van der Waals surface area contributed by atoms with Crippen LogP contribution in [0.15, 0.2) is 48.5 Å². The minimum Gasteiger partial charge on any atom is -0.486 e. The molecule has 1 amide bonds. The van der Waals surface area contributed by atoms with Crippen molar-refractivity contribution in [2.24, 2.45) is 0 Å². The fraction of sp³-hybridized carbons (Fsp3) is 0.200. The Labute approximate surface area is 155 Å². The molecule has 0 spiro atoms. The molecule has 0 atom stereocenters. The molecule has 1 N–H and O–H groups in total. The van der Waals surface area contributed by atoms with Gasteiger partial charge in [0.2, 0.25) is 0 Å². The van der Waals surface area contributed by atoms with Crippen LogP contribution in [-0.4, -0.2) is 24.1 Å². The lowest BCUT2D eigenvalue weighted by Crippen LogP contribution is -2.23. The molecule has 0 bridgehead atoms. The zero-order valence-electron chi connectivity index (χ0n) is 14.3. The monoisotopic (exact) mass is 366 g/mol. The Morgan fingerprint density at radius 1 is 1.12 bits per heavy atom. The molecular weight excluding hydrogens is 348 g/mol. The largest absolute Gasteiger partial charge is 0.486 e. The first-order chi connectivity index (χ1) is 12.7. The van der Waals surface area contributed by atoms with Crippen LogP contribution < -0.4 is 14.8 Å². The van der Waals surface area contributed by atoms with Gasteiger partial charge in [-0.25, -0.2) is 4.98 Å². The van der Waals surface area contributed by atoms with Crippen molar-refractivity contribution >= 4 is 17.2 Å². The van der Waals surface area contributed by atoms with E-state index in [1.165, 1.54) is 11.3 Å². The summed E-state index contributed by atoms with van der Waals surface area (Å²) in [7, 11) is 0. The molecule has 132 valence electrons. The molecule has 1 aromatic heterocycles. The Kier molecular flexibility index (Phi) is 4.58. The second-order valence-corrected chi connectivity index (χ2v) is 7.14. The summed E-state index contributed by atoms with van der Waals surface area (Å²) in [6.07, 6.45) is 0. The lowest BCUT2D eigenvalue weighted by molar-refractivity contribution is 0.0955. The molecule has 3 aromatic rings. The number of nitrogens with one attached hydrogen (secondary N) is 1. The summed E-state index contributed by atoms with van der Waals surface area (Å²) in [6.45, 7) is 3.44. The van der Waals surface area contributed by atoms with Crippen LogP contribution in [0.2, 0.25) is 0 Å². The Bertz CT molecular complexity index is 937. The van der Waals surface area contributed by atoms with E-state index in [0.717, 1.165) is 33.3 Å². The third-order valence-electron chi connectivity index (χ3n) is 4.05. The van der Waals surface area contributed by atoms with Gasteiger partial charge in [-0.05, 0) is 24.6 Å². The van der Waals surface area contributed by atoms with Crippen LogP contribution in [0.1, 0.15) is 20.2 Å². The van der Waals surface area contributed by atoms with E-state index in [4.69, 9.17) is 9.47 Å². The smallest absolute Gasteiger partial charge is 0.263 e. The number of benzene rings is 2. The van der Waals surface area contributed by atoms with Crippen molar-refractivity contribution in [3.05, 3.63) is 64.0 Å². The maximum atomic E-state index is 12.7. The minimum absolute atomic E-state index is 0.121. The third-order valence-corrected chi connectivity index (χ3v) is 5.02. The number of thiazole rings is 1. The van der Waals surface area contributed by atoms with Crippen molar-refractivity contribution in [1.29, 1.82) is 0 Å². The summed E-state index contributed by atoms with van der Waals surface area (Å²) < 4.78 is 11.1. The normalized spacial score (nSPS) is 12.7. The standard InChI is InChI=1S/C20H18N2O3S/c1-13-22-18(15-5-3-2-4-6-15)19(26-13)20(23)21-12-14-7-8-16-17(11-14)25-10-9-24-16/h2-8,11H,9-10,12H2,1H3,(H,21,23). The van der Waals surface area contributed by atoms with Crippen LogP contribution in [0.3, 0.4) is 0 Å². The zero-order chi connectivity index (χ0) is 17.9. The third kappa shape index (κ3) is 3.41. The number of fused-ring (bicyclic) bond motifs is 1. The van der Waals surface area contributed by atoms with Gasteiger partial charge in [-0.15, -0.1) is 11.3 Å². The Balaban J connectivity index is 1.51. The topological polar surface area (TPSA) is 60.5 Å². The summed E-state index contributed by atoms with van der Waals surface area (Å²) in [5.41, 5.74) is 2.64. The molecule has 2 heterocycles. The van der Waals surface area contributed by atoms with Gasteiger partial charge in [0.15, 0.2) is 11.5 Å². The highest BCUT2D eigenvalue weighted by Gasteiger charge is 2.18. The van der Waals surface area contributed by atoms with Crippen LogP contribution in [0.5, 0.6) is 11.5 Å². The second-order valence-electron chi connectivity index (χ2n) is 5.94. The van der Waals surface area contributed by atoms with Gasteiger partial charge in [-0.3, -0.25) is 4.79 Å². The fourth-order valence-electron chi connectivity index (χ4n) is 2.83. The number of aryl methyl sites for hydroxylation is 1. The number of hydrogen-bond acceptors (Lipinski definition) is 5. The predicted octanol–water partition coefficient (Wildman–Crippen LogP) is 3.82. The van der Waals surface area contributed by atoms with Gasteiger partial charge in [0, 0.05) is 12.1 Å². The average molecular weight is 366 g/mol. The van der Waals surface area contributed by atoms with Crippen LogP contribution in [0.25, 0.3) is 11.3 Å². The van der Waals surface area contributed by atoms with Crippen LogP contribution >= 0.6 is 11.3 Å². The van der Waals surface area contributed by atoms with Crippen molar-refractivity contribution in [3.63, 3.8) is 0 Å². The highest BCUT2D eigenvalue weighted by molar-refractivity contribution is 7.14. The van der Waals surface area contributed by atoms with E-state index >= 15 is 0 Å². The fourth-order valence-corrected chi connectivity index (χ4v) is 3.69. The number of hydrogen-bond donors (Lipinski definition) is 1. The molecule has 0 saturated heterocycles. The molecule has 1 aliphatic heterocycles. The molecule has 26 heavy (non-hydrogen) atoms. The van der Waals surface area contributed by atoms with E-state index in [1.807, 2.05) is 55.5 Å². The van der Waals surface area contributed by atoms with Crippen molar-refractivity contribution in [3.8, 4) is 22.8 Å². The van der Waals surface area contributed by atoms with Crippen LogP contribution in [-0.2, 0) is 6.54 Å². The Morgan fingerprint density at radius 3 is 2.69 bits per heavy atom. The number of nitrogens with zero attached hydrogens (tertiary/aromatic N) is 1. The van der Waals surface area contributed by atoms with Crippen molar-refractivity contribution in [2.45, 2.75) is 13.5 Å². The highest BCUT2D eigenvalue weighted by Crippen LogP contribution is 2.31. The Hall–Kier alpha value is -2.86. The summed E-state index contributed by atoms with van der Waals surface area (Å²) in [4.78, 5) is 17.9. The van der Waals surface area contributed by atoms with E-state index in [0.29, 0.717) is 24.6 Å². The van der Waals surface area contributed by atoms with E-state index in [9.17, 15) is 4.79 Å². The number of ether oxygens (including phenoxy) is 2. The molecule has 0 radical (unpaired) electrons. The zero-order valence-corrected chi connectivity index (χ0v) is 15.1. The molecule has 0 unspecified atom stereocenters. The van der Waals surface area contributed by atoms with Gasteiger partial charge in [-0.2, -0.15) is 0 Å². The van der Waals surface area contributed by atoms with Gasteiger partial charge in [0.05, 0.1) is 10.7 Å². The van der Waals surface area contributed by atoms with E-state index in [-0.39, 0.29) is 5.91 Å². The van der Waals surface area contributed by atoms with E-state index < -0.39 is 0 Å². The van der Waals surface area contributed by atoms with Crippen LogP contribution in [0.4, 0.5) is 0 Å². The summed E-state index contributed by atoms with van der Waals surface area (Å²) in [5.74, 6) is 1.35. The minimum atomic E-state index is -0.121. The molecular formula is C20H18N2O3S. The summed E-state index contributed by atoms with van der Waals surface area (Å²) in [6, 6.07) is 15.5. The van der Waals surface area contributed by atoms with Crippen LogP contribution in [0, 0.1) is 6.92 Å². The first-order valence-electron chi connectivity index (χ1n) is 8.40. The summed E-state index contributed by atoms with van der Waals surface area (Å²) in [5, 5.41) is 3.85. The van der Waals surface area contributed by atoms with Gasteiger partial charge in [0.25, 0.3) is 5.91 Å². The molecule has 5 nitrogen and oxygen atoms in total.